The molecule has 0 aromatic heterocycles. The summed E-state index contributed by atoms with van der Waals surface area (Å²) in [5, 5.41) is 0. The SMILES string of the molecule is FC1(F)CC(CCOC2=CC[CH]C=C2C2CCC2)C1. The normalized spacial score (nSPS) is 27.1. The third-order valence-electron chi connectivity index (χ3n) is 4.52. The molecule has 1 nitrogen and oxygen atoms in total. The molecule has 0 heterocycles. The summed E-state index contributed by atoms with van der Waals surface area (Å²) in [5.74, 6) is -0.572. The fraction of sp³-hybridized carbons (Fsp3) is 0.688. The number of hydrogen-bond acceptors (Lipinski definition) is 1. The first-order valence-electron chi connectivity index (χ1n) is 7.38. The smallest absolute Gasteiger partial charge is 0.248 e. The molecular formula is C16H21F2O. The predicted octanol–water partition coefficient (Wildman–Crippen LogP) is 4.66. The summed E-state index contributed by atoms with van der Waals surface area (Å²) in [6, 6.07) is 0. The van der Waals surface area contributed by atoms with Crippen molar-refractivity contribution >= 4 is 0 Å². The molecule has 0 unspecified atom stereocenters. The minimum atomic E-state index is -2.40. The predicted molar refractivity (Wildman–Crippen MR) is 70.7 cm³/mol. The molecule has 3 heteroatoms. The highest BCUT2D eigenvalue weighted by Crippen LogP contribution is 2.44. The Hall–Kier alpha value is -0.860. The van der Waals surface area contributed by atoms with Gasteiger partial charge in [0.05, 0.1) is 6.61 Å². The van der Waals surface area contributed by atoms with Crippen molar-refractivity contribution in [2.45, 2.75) is 50.9 Å². The maximum Gasteiger partial charge on any atom is 0.248 e. The second-order valence-corrected chi connectivity index (χ2v) is 6.06. The molecule has 3 aliphatic rings. The van der Waals surface area contributed by atoms with Gasteiger partial charge in [-0.05, 0) is 55.6 Å². The molecule has 2 saturated carbocycles. The zero-order valence-electron chi connectivity index (χ0n) is 11.2. The molecular weight excluding hydrogens is 246 g/mol. The fourth-order valence-electron chi connectivity index (χ4n) is 3.09. The highest BCUT2D eigenvalue weighted by Gasteiger charge is 2.44. The average Bonchev–Trinajstić information content (AvgIpc) is 2.26. The van der Waals surface area contributed by atoms with Crippen molar-refractivity contribution in [1.29, 1.82) is 0 Å². The van der Waals surface area contributed by atoms with Crippen molar-refractivity contribution in [3.05, 3.63) is 29.9 Å². The minimum absolute atomic E-state index is 0.0501. The van der Waals surface area contributed by atoms with Gasteiger partial charge in [-0.25, -0.2) is 8.78 Å². The van der Waals surface area contributed by atoms with Gasteiger partial charge in [0.15, 0.2) is 0 Å². The first kappa shape index (κ1) is 13.1. The molecule has 19 heavy (non-hydrogen) atoms. The van der Waals surface area contributed by atoms with Gasteiger partial charge < -0.3 is 4.74 Å². The lowest BCUT2D eigenvalue weighted by molar-refractivity contribution is -0.114. The number of rotatable bonds is 5. The Kier molecular flexibility index (Phi) is 3.64. The van der Waals surface area contributed by atoms with E-state index < -0.39 is 5.92 Å². The average molecular weight is 267 g/mol. The van der Waals surface area contributed by atoms with Crippen LogP contribution in [0.4, 0.5) is 8.78 Å². The quantitative estimate of drug-likeness (QED) is 0.704. The fourth-order valence-corrected chi connectivity index (χ4v) is 3.09. The van der Waals surface area contributed by atoms with Crippen molar-refractivity contribution in [1.82, 2.24) is 0 Å². The van der Waals surface area contributed by atoms with Crippen molar-refractivity contribution < 1.29 is 13.5 Å². The van der Waals surface area contributed by atoms with Gasteiger partial charge in [0.25, 0.3) is 0 Å². The van der Waals surface area contributed by atoms with Gasteiger partial charge in [-0.3, -0.25) is 0 Å². The Morgan fingerprint density at radius 2 is 2.05 bits per heavy atom. The molecule has 0 saturated heterocycles. The standard InChI is InChI=1S/C16H21F2O/c17-16(18)10-12(11-16)8-9-19-15-7-2-1-6-14(15)13-4-3-5-13/h1,6-7,12-13H,2-5,8-11H2. The van der Waals surface area contributed by atoms with E-state index >= 15 is 0 Å². The number of alkyl halides is 2. The van der Waals surface area contributed by atoms with Crippen molar-refractivity contribution in [2.24, 2.45) is 11.8 Å². The van der Waals surface area contributed by atoms with E-state index in [1.807, 2.05) is 0 Å². The van der Waals surface area contributed by atoms with Crippen LogP contribution >= 0.6 is 0 Å². The van der Waals surface area contributed by atoms with Crippen LogP contribution in [0.3, 0.4) is 0 Å². The van der Waals surface area contributed by atoms with Crippen LogP contribution in [0.15, 0.2) is 23.5 Å². The summed E-state index contributed by atoms with van der Waals surface area (Å²) in [6.45, 7) is 0.580. The van der Waals surface area contributed by atoms with E-state index in [1.165, 1.54) is 24.8 Å². The molecule has 0 atom stereocenters. The number of halogens is 2. The van der Waals surface area contributed by atoms with Crippen LogP contribution in [0.5, 0.6) is 0 Å². The van der Waals surface area contributed by atoms with Crippen molar-refractivity contribution in [2.75, 3.05) is 6.61 Å². The molecule has 1 radical (unpaired) electrons. The van der Waals surface area contributed by atoms with Gasteiger partial charge >= 0.3 is 0 Å². The lowest BCUT2D eigenvalue weighted by Crippen LogP contribution is -2.35. The van der Waals surface area contributed by atoms with Crippen LogP contribution in [0.1, 0.15) is 44.9 Å². The highest BCUT2D eigenvalue weighted by molar-refractivity contribution is 5.35. The summed E-state index contributed by atoms with van der Waals surface area (Å²) in [7, 11) is 0. The van der Waals surface area contributed by atoms with E-state index in [0.29, 0.717) is 12.5 Å². The van der Waals surface area contributed by atoms with Crippen LogP contribution < -0.4 is 0 Å². The Morgan fingerprint density at radius 3 is 2.68 bits per heavy atom. The highest BCUT2D eigenvalue weighted by atomic mass is 19.3. The second-order valence-electron chi connectivity index (χ2n) is 6.06. The topological polar surface area (TPSA) is 9.23 Å². The van der Waals surface area contributed by atoms with E-state index in [4.69, 9.17) is 4.74 Å². The molecule has 105 valence electrons. The number of hydrogen-bond donors (Lipinski definition) is 0. The van der Waals surface area contributed by atoms with Gasteiger partial charge in [0.2, 0.25) is 5.92 Å². The van der Waals surface area contributed by atoms with E-state index in [0.717, 1.165) is 18.6 Å². The van der Waals surface area contributed by atoms with Crippen LogP contribution in [0, 0.1) is 18.3 Å². The zero-order chi connectivity index (χ0) is 13.3. The van der Waals surface area contributed by atoms with Crippen molar-refractivity contribution in [3.63, 3.8) is 0 Å². The second kappa shape index (κ2) is 5.26. The van der Waals surface area contributed by atoms with E-state index in [2.05, 4.69) is 18.6 Å². The molecule has 0 aromatic rings. The van der Waals surface area contributed by atoms with Crippen LogP contribution in [-0.2, 0) is 4.74 Å². The third kappa shape index (κ3) is 3.01. The first-order chi connectivity index (χ1) is 9.14. The lowest BCUT2D eigenvalue weighted by Gasteiger charge is -2.35. The monoisotopic (exact) mass is 267 g/mol. The largest absolute Gasteiger partial charge is 0.494 e. The van der Waals surface area contributed by atoms with E-state index in [1.54, 1.807) is 0 Å². The summed E-state index contributed by atoms with van der Waals surface area (Å²) in [5.41, 5.74) is 1.33. The Balaban J connectivity index is 1.44. The maximum atomic E-state index is 12.7. The molecule has 0 spiro atoms. The van der Waals surface area contributed by atoms with E-state index in [9.17, 15) is 8.78 Å². The number of allylic oxidation sites excluding steroid dienone is 3. The van der Waals surface area contributed by atoms with Gasteiger partial charge in [-0.15, -0.1) is 0 Å². The molecule has 2 fully saturated rings. The van der Waals surface area contributed by atoms with Gasteiger partial charge in [0, 0.05) is 12.8 Å². The molecule has 0 aliphatic heterocycles. The van der Waals surface area contributed by atoms with Crippen molar-refractivity contribution in [3.8, 4) is 0 Å². The third-order valence-corrected chi connectivity index (χ3v) is 4.52. The van der Waals surface area contributed by atoms with Crippen LogP contribution in [0.2, 0.25) is 0 Å². The Labute approximate surface area is 113 Å². The van der Waals surface area contributed by atoms with Gasteiger partial charge in [-0.1, -0.05) is 12.5 Å². The van der Waals surface area contributed by atoms with E-state index in [-0.39, 0.29) is 18.8 Å². The summed E-state index contributed by atoms with van der Waals surface area (Å²) in [4.78, 5) is 0. The summed E-state index contributed by atoms with van der Waals surface area (Å²) >= 11 is 0. The molecule has 3 rings (SSSR count). The van der Waals surface area contributed by atoms with Crippen LogP contribution in [0.25, 0.3) is 0 Å². The molecule has 0 N–H and O–H groups in total. The molecule has 0 aromatic carbocycles. The zero-order valence-corrected chi connectivity index (χ0v) is 11.2. The molecule has 3 aliphatic carbocycles. The minimum Gasteiger partial charge on any atom is -0.494 e. The Morgan fingerprint density at radius 1 is 1.26 bits per heavy atom. The number of ether oxygens (including phenoxy) is 1. The molecule has 0 bridgehead atoms. The lowest BCUT2D eigenvalue weighted by atomic mass is 9.77. The summed E-state index contributed by atoms with van der Waals surface area (Å²) in [6.07, 6.45) is 12.1. The van der Waals surface area contributed by atoms with Gasteiger partial charge in [-0.2, -0.15) is 0 Å². The Bertz CT molecular complexity index is 386. The van der Waals surface area contributed by atoms with Crippen LogP contribution in [-0.4, -0.2) is 12.5 Å². The molecule has 0 amide bonds. The maximum absolute atomic E-state index is 12.7. The summed E-state index contributed by atoms with van der Waals surface area (Å²) < 4.78 is 31.3. The first-order valence-corrected chi connectivity index (χ1v) is 7.38. The van der Waals surface area contributed by atoms with Gasteiger partial charge in [0.1, 0.15) is 5.76 Å².